The molecule has 2 rings (SSSR count). The highest BCUT2D eigenvalue weighted by Gasteiger charge is 1.95. The lowest BCUT2D eigenvalue weighted by molar-refractivity contribution is 0.625. The molecule has 0 spiro atoms. The minimum atomic E-state index is -0.302. The molecule has 0 aliphatic heterocycles. The van der Waals surface area contributed by atoms with E-state index < -0.39 is 0 Å². The van der Waals surface area contributed by atoms with Crippen LogP contribution >= 0.6 is 0 Å². The van der Waals surface area contributed by atoms with Gasteiger partial charge in [0.05, 0.1) is 6.21 Å². The van der Waals surface area contributed by atoms with Gasteiger partial charge in [-0.1, -0.05) is 18.2 Å². The van der Waals surface area contributed by atoms with E-state index >= 15 is 0 Å². The molecular weight excluding hydrogens is 183 g/mol. The molecule has 1 aromatic carbocycles. The molecule has 1 heterocycles. The van der Waals surface area contributed by atoms with Gasteiger partial charge in [0.15, 0.2) is 0 Å². The fourth-order valence-electron chi connectivity index (χ4n) is 0.964. The third-order valence-corrected chi connectivity index (χ3v) is 1.64. The van der Waals surface area contributed by atoms with Gasteiger partial charge in [0.2, 0.25) is 0 Å². The number of aromatic nitrogens is 3. The maximum absolute atomic E-state index is 13.1. The largest absolute Gasteiger partial charge is 0.208 e. The molecule has 0 aliphatic carbocycles. The Morgan fingerprint density at radius 3 is 2.64 bits per heavy atom. The van der Waals surface area contributed by atoms with Crippen molar-refractivity contribution in [2.24, 2.45) is 5.10 Å². The lowest BCUT2D eigenvalue weighted by Crippen LogP contribution is -1.90. The molecule has 1 aromatic heterocycles. The summed E-state index contributed by atoms with van der Waals surface area (Å²) in [6, 6.07) is 6.40. The monoisotopic (exact) mass is 190 g/mol. The van der Waals surface area contributed by atoms with E-state index in [-0.39, 0.29) is 5.82 Å². The van der Waals surface area contributed by atoms with Crippen LogP contribution in [0.15, 0.2) is 42.0 Å². The van der Waals surface area contributed by atoms with Crippen LogP contribution in [0.5, 0.6) is 0 Å². The normalized spacial score (nSPS) is 10.9. The van der Waals surface area contributed by atoms with Gasteiger partial charge in [0.25, 0.3) is 0 Å². The lowest BCUT2D eigenvalue weighted by Gasteiger charge is -1.93. The third kappa shape index (κ3) is 1.82. The van der Waals surface area contributed by atoms with Crippen LogP contribution in [0.3, 0.4) is 0 Å². The molecule has 4 nitrogen and oxygen atoms in total. The van der Waals surface area contributed by atoms with E-state index in [4.69, 9.17) is 0 Å². The molecule has 0 radical (unpaired) electrons. The summed E-state index contributed by atoms with van der Waals surface area (Å²) < 4.78 is 14.5. The number of nitrogens with zero attached hydrogens (tertiary/aromatic N) is 4. The molecule has 0 amide bonds. The molecule has 0 fully saturated rings. The van der Waals surface area contributed by atoms with Crippen molar-refractivity contribution in [2.45, 2.75) is 0 Å². The van der Waals surface area contributed by atoms with Gasteiger partial charge in [-0.05, 0) is 6.07 Å². The molecule has 0 unspecified atom stereocenters. The Morgan fingerprint density at radius 1 is 1.21 bits per heavy atom. The number of halogens is 1. The number of rotatable bonds is 2. The molecule has 0 saturated heterocycles. The lowest BCUT2D eigenvalue weighted by atomic mass is 10.2. The van der Waals surface area contributed by atoms with Crippen molar-refractivity contribution >= 4 is 6.21 Å². The van der Waals surface area contributed by atoms with Crippen molar-refractivity contribution in [3.63, 3.8) is 0 Å². The molecule has 0 atom stereocenters. The van der Waals surface area contributed by atoms with Crippen LogP contribution in [0.4, 0.5) is 4.39 Å². The van der Waals surface area contributed by atoms with E-state index in [1.807, 2.05) is 0 Å². The van der Waals surface area contributed by atoms with Crippen molar-refractivity contribution in [1.29, 1.82) is 0 Å². The summed E-state index contributed by atoms with van der Waals surface area (Å²) in [5.41, 5.74) is 0.432. The van der Waals surface area contributed by atoms with Crippen molar-refractivity contribution in [1.82, 2.24) is 14.9 Å². The Balaban J connectivity index is 2.23. The standard InChI is InChI=1S/C9H7FN4/c10-9-4-2-1-3-8(9)5-13-14-6-11-12-7-14/h1-7H/b13-5+. The van der Waals surface area contributed by atoms with Crippen molar-refractivity contribution in [2.75, 3.05) is 0 Å². The van der Waals surface area contributed by atoms with Crippen LogP contribution in [-0.2, 0) is 0 Å². The highest BCUT2D eigenvalue weighted by atomic mass is 19.1. The zero-order chi connectivity index (χ0) is 9.80. The zero-order valence-electron chi connectivity index (χ0n) is 7.21. The molecule has 5 heteroatoms. The van der Waals surface area contributed by atoms with E-state index in [1.54, 1.807) is 18.2 Å². The Hall–Kier alpha value is -2.04. The molecule has 0 aliphatic rings. The molecule has 2 aromatic rings. The average molecular weight is 190 g/mol. The average Bonchev–Trinajstić information content (AvgIpc) is 2.69. The molecule has 0 bridgehead atoms. The minimum absolute atomic E-state index is 0.302. The van der Waals surface area contributed by atoms with E-state index in [2.05, 4.69) is 15.3 Å². The highest BCUT2D eigenvalue weighted by Crippen LogP contribution is 2.02. The van der Waals surface area contributed by atoms with E-state index in [0.717, 1.165) is 0 Å². The molecule has 14 heavy (non-hydrogen) atoms. The van der Waals surface area contributed by atoms with Gasteiger partial charge >= 0.3 is 0 Å². The van der Waals surface area contributed by atoms with Crippen LogP contribution in [0.1, 0.15) is 5.56 Å². The van der Waals surface area contributed by atoms with E-state index in [1.165, 1.54) is 29.6 Å². The zero-order valence-corrected chi connectivity index (χ0v) is 7.21. The van der Waals surface area contributed by atoms with Crippen LogP contribution in [0.25, 0.3) is 0 Å². The third-order valence-electron chi connectivity index (χ3n) is 1.64. The van der Waals surface area contributed by atoms with Crippen molar-refractivity contribution in [3.05, 3.63) is 48.3 Å². The number of hydrogen-bond donors (Lipinski definition) is 0. The second kappa shape index (κ2) is 3.78. The summed E-state index contributed by atoms with van der Waals surface area (Å²) in [6.45, 7) is 0. The predicted octanol–water partition coefficient (Wildman–Crippen LogP) is 1.30. The van der Waals surface area contributed by atoms with Gasteiger partial charge in [-0.15, -0.1) is 10.2 Å². The molecule has 70 valence electrons. The molecule has 0 saturated carbocycles. The summed E-state index contributed by atoms with van der Waals surface area (Å²) >= 11 is 0. The first-order valence-electron chi connectivity index (χ1n) is 4.00. The molecular formula is C9H7FN4. The molecule has 0 N–H and O–H groups in total. The Labute approximate surface area is 79.7 Å². The fraction of sp³-hybridized carbons (Fsp3) is 0. The minimum Gasteiger partial charge on any atom is -0.208 e. The van der Waals surface area contributed by atoms with Gasteiger partial charge in [0, 0.05) is 5.56 Å². The summed E-state index contributed by atoms with van der Waals surface area (Å²) in [5, 5.41) is 11.0. The second-order valence-corrected chi connectivity index (χ2v) is 2.61. The smallest absolute Gasteiger partial charge is 0.141 e. The van der Waals surface area contributed by atoms with Gasteiger partial charge in [-0.3, -0.25) is 0 Å². The second-order valence-electron chi connectivity index (χ2n) is 2.61. The van der Waals surface area contributed by atoms with Crippen LogP contribution < -0.4 is 0 Å². The quantitative estimate of drug-likeness (QED) is 0.670. The van der Waals surface area contributed by atoms with E-state index in [0.29, 0.717) is 5.56 Å². The topological polar surface area (TPSA) is 43.1 Å². The van der Waals surface area contributed by atoms with Gasteiger partial charge < -0.3 is 0 Å². The van der Waals surface area contributed by atoms with Gasteiger partial charge in [-0.2, -0.15) is 5.10 Å². The van der Waals surface area contributed by atoms with Crippen molar-refractivity contribution in [3.8, 4) is 0 Å². The summed E-state index contributed by atoms with van der Waals surface area (Å²) in [5.74, 6) is -0.302. The van der Waals surface area contributed by atoms with Crippen LogP contribution in [0, 0.1) is 5.82 Å². The van der Waals surface area contributed by atoms with Crippen LogP contribution in [-0.4, -0.2) is 21.1 Å². The highest BCUT2D eigenvalue weighted by molar-refractivity contribution is 5.79. The summed E-state index contributed by atoms with van der Waals surface area (Å²) in [6.07, 6.45) is 4.27. The Bertz CT molecular complexity index is 436. The first-order valence-corrected chi connectivity index (χ1v) is 4.00. The van der Waals surface area contributed by atoms with Crippen LogP contribution in [0.2, 0.25) is 0 Å². The maximum Gasteiger partial charge on any atom is 0.141 e. The Morgan fingerprint density at radius 2 is 1.93 bits per heavy atom. The number of hydrogen-bond acceptors (Lipinski definition) is 3. The summed E-state index contributed by atoms with van der Waals surface area (Å²) in [4.78, 5) is 0. The van der Waals surface area contributed by atoms with Gasteiger partial charge in [0.1, 0.15) is 18.5 Å². The van der Waals surface area contributed by atoms with Gasteiger partial charge in [-0.25, -0.2) is 9.07 Å². The maximum atomic E-state index is 13.1. The fourth-order valence-corrected chi connectivity index (χ4v) is 0.964. The number of benzene rings is 1. The Kier molecular flexibility index (Phi) is 2.31. The van der Waals surface area contributed by atoms with Crippen molar-refractivity contribution < 1.29 is 4.39 Å². The first kappa shape index (κ1) is 8.55. The SMILES string of the molecule is Fc1ccccc1/C=N/n1cnnc1. The predicted molar refractivity (Wildman–Crippen MR) is 49.4 cm³/mol. The summed E-state index contributed by atoms with van der Waals surface area (Å²) in [7, 11) is 0. The van der Waals surface area contributed by atoms with E-state index in [9.17, 15) is 4.39 Å². The first-order chi connectivity index (χ1) is 6.86.